The van der Waals surface area contributed by atoms with E-state index < -0.39 is 4.92 Å². The van der Waals surface area contributed by atoms with Gasteiger partial charge < -0.3 is 10.0 Å². The maximum absolute atomic E-state index is 10.9. The lowest BCUT2D eigenvalue weighted by atomic mass is 9.84. The molecule has 1 aliphatic carbocycles. The molecule has 5 nitrogen and oxygen atoms in total. The Hall–Kier alpha value is -1.62. The highest BCUT2D eigenvalue weighted by molar-refractivity contribution is 5.55. The van der Waals surface area contributed by atoms with Gasteiger partial charge in [0.05, 0.1) is 17.1 Å². The van der Waals surface area contributed by atoms with Crippen molar-refractivity contribution in [2.45, 2.75) is 51.7 Å². The Morgan fingerprint density at radius 3 is 2.52 bits per heavy atom. The van der Waals surface area contributed by atoms with Crippen LogP contribution in [0.25, 0.3) is 0 Å². The standard InChI is InChI=1S/C16H24N2O3/c1-3-12-4-6-14(7-5-12)17(2)15-8-9-16(18(20)21)13(10-15)11-19/h8-10,12,14,19H,3-7,11H2,1-2H3. The second kappa shape index (κ2) is 6.89. The van der Waals surface area contributed by atoms with Crippen molar-refractivity contribution >= 4 is 11.4 Å². The molecule has 0 aliphatic heterocycles. The summed E-state index contributed by atoms with van der Waals surface area (Å²) in [6.07, 6.45) is 6.10. The topological polar surface area (TPSA) is 66.6 Å². The summed E-state index contributed by atoms with van der Waals surface area (Å²) >= 11 is 0. The molecule has 1 aliphatic rings. The number of hydrogen-bond acceptors (Lipinski definition) is 4. The second-order valence-corrected chi connectivity index (χ2v) is 5.92. The Morgan fingerprint density at radius 2 is 2.00 bits per heavy atom. The first kappa shape index (κ1) is 15.8. The van der Waals surface area contributed by atoms with Crippen LogP contribution in [0.15, 0.2) is 18.2 Å². The van der Waals surface area contributed by atoms with Crippen molar-refractivity contribution in [3.8, 4) is 0 Å². The van der Waals surface area contributed by atoms with Gasteiger partial charge in [-0.05, 0) is 43.7 Å². The Kier molecular flexibility index (Phi) is 5.17. The summed E-state index contributed by atoms with van der Waals surface area (Å²) in [5.41, 5.74) is 1.32. The number of rotatable bonds is 5. The Bertz CT molecular complexity index is 496. The zero-order valence-electron chi connectivity index (χ0n) is 12.8. The molecule has 21 heavy (non-hydrogen) atoms. The van der Waals surface area contributed by atoms with Gasteiger partial charge in [0.1, 0.15) is 0 Å². The summed E-state index contributed by atoms with van der Waals surface area (Å²) in [6.45, 7) is 1.94. The molecule has 0 spiro atoms. The lowest BCUT2D eigenvalue weighted by Gasteiger charge is -2.36. The number of benzene rings is 1. The largest absolute Gasteiger partial charge is 0.391 e. The average Bonchev–Trinajstić information content (AvgIpc) is 2.53. The third kappa shape index (κ3) is 3.53. The zero-order chi connectivity index (χ0) is 15.4. The highest BCUT2D eigenvalue weighted by atomic mass is 16.6. The number of anilines is 1. The highest BCUT2D eigenvalue weighted by Crippen LogP contribution is 2.32. The van der Waals surface area contributed by atoms with Crippen molar-refractivity contribution in [2.75, 3.05) is 11.9 Å². The molecule has 0 unspecified atom stereocenters. The minimum atomic E-state index is -0.443. The van der Waals surface area contributed by atoms with Gasteiger partial charge in [0.2, 0.25) is 0 Å². The van der Waals surface area contributed by atoms with Crippen molar-refractivity contribution in [2.24, 2.45) is 5.92 Å². The Labute approximate surface area is 125 Å². The lowest BCUT2D eigenvalue weighted by molar-refractivity contribution is -0.385. The third-order valence-electron chi connectivity index (χ3n) is 4.78. The Morgan fingerprint density at radius 1 is 1.33 bits per heavy atom. The fourth-order valence-electron chi connectivity index (χ4n) is 3.25. The highest BCUT2D eigenvalue weighted by Gasteiger charge is 2.24. The molecule has 0 amide bonds. The van der Waals surface area contributed by atoms with Crippen molar-refractivity contribution in [1.82, 2.24) is 0 Å². The van der Waals surface area contributed by atoms with E-state index >= 15 is 0 Å². The van der Waals surface area contributed by atoms with Crippen LogP contribution in [0.2, 0.25) is 0 Å². The van der Waals surface area contributed by atoms with Gasteiger partial charge in [-0.3, -0.25) is 10.1 Å². The molecule has 116 valence electrons. The van der Waals surface area contributed by atoms with E-state index in [1.165, 1.54) is 38.2 Å². The van der Waals surface area contributed by atoms with Crippen molar-refractivity contribution < 1.29 is 10.0 Å². The third-order valence-corrected chi connectivity index (χ3v) is 4.78. The number of nitro groups is 1. The molecule has 1 aromatic carbocycles. The van der Waals surface area contributed by atoms with Gasteiger partial charge in [-0.25, -0.2) is 0 Å². The van der Waals surface area contributed by atoms with E-state index in [1.807, 2.05) is 7.05 Å². The average molecular weight is 292 g/mol. The van der Waals surface area contributed by atoms with Crippen LogP contribution < -0.4 is 4.90 Å². The van der Waals surface area contributed by atoms with Crippen LogP contribution >= 0.6 is 0 Å². The van der Waals surface area contributed by atoms with Crippen LogP contribution in [0, 0.1) is 16.0 Å². The number of nitrogens with zero attached hydrogens (tertiary/aromatic N) is 2. The first-order chi connectivity index (χ1) is 10.1. The van der Waals surface area contributed by atoms with E-state index in [1.54, 1.807) is 12.1 Å². The van der Waals surface area contributed by atoms with Crippen molar-refractivity contribution in [3.05, 3.63) is 33.9 Å². The first-order valence-corrected chi connectivity index (χ1v) is 7.67. The maximum atomic E-state index is 10.9. The monoisotopic (exact) mass is 292 g/mol. The summed E-state index contributed by atoms with van der Waals surface area (Å²) in [7, 11) is 2.04. The molecule has 0 heterocycles. The molecular weight excluding hydrogens is 268 g/mol. The van der Waals surface area contributed by atoms with Gasteiger partial charge >= 0.3 is 0 Å². The van der Waals surface area contributed by atoms with Crippen LogP contribution in [0.3, 0.4) is 0 Å². The molecule has 0 aromatic heterocycles. The maximum Gasteiger partial charge on any atom is 0.275 e. The number of aliphatic hydroxyl groups is 1. The Balaban J connectivity index is 2.12. The van der Waals surface area contributed by atoms with Crippen LogP contribution in [0.4, 0.5) is 11.4 Å². The number of nitro benzene ring substituents is 1. The molecule has 1 fully saturated rings. The normalized spacial score (nSPS) is 22.0. The zero-order valence-corrected chi connectivity index (χ0v) is 12.8. The van der Waals surface area contributed by atoms with Crippen molar-refractivity contribution in [1.29, 1.82) is 0 Å². The molecule has 0 bridgehead atoms. The van der Waals surface area contributed by atoms with Crippen LogP contribution in [-0.4, -0.2) is 23.1 Å². The summed E-state index contributed by atoms with van der Waals surface area (Å²) in [6, 6.07) is 5.50. The van der Waals surface area contributed by atoms with E-state index in [9.17, 15) is 15.2 Å². The minimum Gasteiger partial charge on any atom is -0.391 e. The van der Waals surface area contributed by atoms with Gasteiger partial charge in [0, 0.05) is 24.8 Å². The summed E-state index contributed by atoms with van der Waals surface area (Å²) in [5, 5.41) is 20.2. The summed E-state index contributed by atoms with van der Waals surface area (Å²) in [4.78, 5) is 12.7. The smallest absolute Gasteiger partial charge is 0.275 e. The molecule has 1 aromatic rings. The van der Waals surface area contributed by atoms with Gasteiger partial charge in [0.15, 0.2) is 0 Å². The fraction of sp³-hybridized carbons (Fsp3) is 0.625. The molecule has 1 N–H and O–H groups in total. The minimum absolute atomic E-state index is 0.00987. The van der Waals surface area contributed by atoms with E-state index in [4.69, 9.17) is 0 Å². The molecule has 0 atom stereocenters. The van der Waals surface area contributed by atoms with E-state index in [-0.39, 0.29) is 12.3 Å². The molecule has 2 rings (SSSR count). The second-order valence-electron chi connectivity index (χ2n) is 5.92. The van der Waals surface area contributed by atoms with Crippen LogP contribution in [0.1, 0.15) is 44.6 Å². The summed E-state index contributed by atoms with van der Waals surface area (Å²) in [5.74, 6) is 0.847. The molecule has 0 saturated heterocycles. The molecule has 0 radical (unpaired) electrons. The predicted octanol–water partition coefficient (Wildman–Crippen LogP) is 3.49. The number of hydrogen-bond donors (Lipinski definition) is 1. The van der Waals surface area contributed by atoms with Gasteiger partial charge in [-0.15, -0.1) is 0 Å². The van der Waals surface area contributed by atoms with E-state index in [0.29, 0.717) is 11.6 Å². The molecular formula is C16H24N2O3. The molecule has 5 heteroatoms. The van der Waals surface area contributed by atoms with Gasteiger partial charge in [-0.1, -0.05) is 13.3 Å². The number of aliphatic hydroxyl groups excluding tert-OH is 1. The quantitative estimate of drug-likeness (QED) is 0.666. The van der Waals surface area contributed by atoms with Crippen molar-refractivity contribution in [3.63, 3.8) is 0 Å². The first-order valence-electron chi connectivity index (χ1n) is 7.67. The predicted molar refractivity (Wildman–Crippen MR) is 83.5 cm³/mol. The van der Waals surface area contributed by atoms with Gasteiger partial charge in [-0.2, -0.15) is 0 Å². The lowest BCUT2D eigenvalue weighted by Crippen LogP contribution is -2.35. The van der Waals surface area contributed by atoms with E-state index in [2.05, 4.69) is 11.8 Å². The molecule has 1 saturated carbocycles. The summed E-state index contributed by atoms with van der Waals surface area (Å²) < 4.78 is 0. The van der Waals surface area contributed by atoms with Crippen LogP contribution in [-0.2, 0) is 6.61 Å². The van der Waals surface area contributed by atoms with Gasteiger partial charge in [0.25, 0.3) is 5.69 Å². The van der Waals surface area contributed by atoms with Crippen LogP contribution in [0.5, 0.6) is 0 Å². The van der Waals surface area contributed by atoms with E-state index in [0.717, 1.165) is 11.6 Å². The fourth-order valence-corrected chi connectivity index (χ4v) is 3.25. The SMILES string of the molecule is CCC1CCC(N(C)c2ccc([N+](=O)[O-])c(CO)c2)CC1.